The number of ketones is 1. The van der Waals surface area contributed by atoms with E-state index in [9.17, 15) is 40.5 Å². The Morgan fingerprint density at radius 1 is 0.938 bits per heavy atom. The third-order valence-electron chi connectivity index (χ3n) is 5.43. The monoisotopic (exact) mass is 450 g/mol. The summed E-state index contributed by atoms with van der Waals surface area (Å²) < 4.78 is 16.5. The molecule has 172 valence electrons. The molecule has 0 unspecified atom stereocenters. The summed E-state index contributed by atoms with van der Waals surface area (Å²) in [6.07, 6.45) is -10.4. The molecule has 4 rings (SSSR count). The number of phenols is 2. The number of phenolic OH excluding ortho intramolecular Hbond substituents is 2. The maximum atomic E-state index is 12.7. The van der Waals surface area contributed by atoms with Crippen LogP contribution in [0.3, 0.4) is 0 Å². The highest BCUT2D eigenvalue weighted by Gasteiger charge is 2.45. The molecule has 32 heavy (non-hydrogen) atoms. The zero-order valence-electron chi connectivity index (χ0n) is 16.5. The van der Waals surface area contributed by atoms with Crippen LogP contribution >= 0.6 is 0 Å². The van der Waals surface area contributed by atoms with E-state index in [1.807, 2.05) is 0 Å². The van der Waals surface area contributed by atoms with Crippen molar-refractivity contribution in [2.45, 2.75) is 42.9 Å². The number of hydrogen-bond acceptors (Lipinski definition) is 11. The first-order valence-electron chi connectivity index (χ1n) is 9.73. The molecule has 11 heteroatoms. The Balaban J connectivity index is 1.63. The summed E-state index contributed by atoms with van der Waals surface area (Å²) in [5, 5.41) is 69.4. The molecule has 1 saturated heterocycles. The summed E-state index contributed by atoms with van der Waals surface area (Å²) in [5.74, 6) is -1.59. The minimum Gasteiger partial charge on any atom is -0.508 e. The van der Waals surface area contributed by atoms with Gasteiger partial charge in [-0.2, -0.15) is 0 Å². The molecule has 11 nitrogen and oxygen atoms in total. The largest absolute Gasteiger partial charge is 0.508 e. The van der Waals surface area contributed by atoms with Gasteiger partial charge in [0.1, 0.15) is 53.0 Å². The van der Waals surface area contributed by atoms with Crippen LogP contribution in [0.25, 0.3) is 0 Å². The van der Waals surface area contributed by atoms with Crippen molar-refractivity contribution in [2.75, 3.05) is 6.61 Å². The van der Waals surface area contributed by atoms with Gasteiger partial charge in [-0.15, -0.1) is 0 Å². The molecule has 0 aliphatic carbocycles. The van der Waals surface area contributed by atoms with Crippen LogP contribution in [0.1, 0.15) is 22.0 Å². The van der Waals surface area contributed by atoms with Crippen LogP contribution in [0.2, 0.25) is 0 Å². The molecule has 0 amide bonds. The van der Waals surface area contributed by atoms with Gasteiger partial charge in [0.25, 0.3) is 0 Å². The zero-order chi connectivity index (χ0) is 23.2. The standard InChI is InChI=1S/C21H22O11/c22-7-13-15(25)17(27)19(29)21(32-13)30-10-5-11(24)14-12(6-10)31-20(18(28)16(14)26)8-1-3-9(23)4-2-8/h1-6,13,15,17-25,27-29H,7H2/t13-,15+,17-,18+,19-,20-,21-/m0/s1. The summed E-state index contributed by atoms with van der Waals surface area (Å²) in [4.78, 5) is 12.7. The SMILES string of the molecule is O=C1c2c(O)cc(O[C@H]3O[C@@H](CO)[C@@H](O)[C@H](O)[C@@H]3O)cc2O[C@@H](c2ccc(O)cc2)[C@@H]1O. The molecule has 2 aromatic rings. The number of aliphatic hydroxyl groups excluding tert-OH is 5. The fourth-order valence-electron chi connectivity index (χ4n) is 3.68. The van der Waals surface area contributed by atoms with E-state index >= 15 is 0 Å². The minimum absolute atomic E-state index is 0.0152. The summed E-state index contributed by atoms with van der Waals surface area (Å²) >= 11 is 0. The van der Waals surface area contributed by atoms with Crippen molar-refractivity contribution in [1.29, 1.82) is 0 Å². The molecule has 7 N–H and O–H groups in total. The Labute approximate surface area is 181 Å². The lowest BCUT2D eigenvalue weighted by Gasteiger charge is -2.39. The number of benzene rings is 2. The van der Waals surface area contributed by atoms with Crippen LogP contribution in [0.15, 0.2) is 36.4 Å². The second-order valence-electron chi connectivity index (χ2n) is 7.57. The average Bonchev–Trinajstić information content (AvgIpc) is 2.77. The van der Waals surface area contributed by atoms with E-state index < -0.39 is 61.1 Å². The molecule has 2 aliphatic rings. The van der Waals surface area contributed by atoms with Crippen LogP contribution in [0.5, 0.6) is 23.0 Å². The van der Waals surface area contributed by atoms with Gasteiger partial charge in [0.15, 0.2) is 12.2 Å². The smallest absolute Gasteiger partial charge is 0.229 e. The Kier molecular flexibility index (Phi) is 5.95. The highest BCUT2D eigenvalue weighted by Crippen LogP contribution is 2.42. The second kappa shape index (κ2) is 8.54. The predicted octanol–water partition coefficient (Wildman–Crippen LogP) is -1.05. The molecule has 0 saturated carbocycles. The van der Waals surface area contributed by atoms with Gasteiger partial charge < -0.3 is 50.0 Å². The van der Waals surface area contributed by atoms with Gasteiger partial charge in [-0.25, -0.2) is 0 Å². The van der Waals surface area contributed by atoms with Crippen molar-refractivity contribution in [3.63, 3.8) is 0 Å². The zero-order valence-corrected chi connectivity index (χ0v) is 16.5. The number of carbonyl (C=O) groups is 1. The summed E-state index contributed by atoms with van der Waals surface area (Å²) in [7, 11) is 0. The number of ether oxygens (including phenoxy) is 3. The molecule has 0 bridgehead atoms. The summed E-state index contributed by atoms with van der Waals surface area (Å²) in [6.45, 7) is -0.649. The fourth-order valence-corrected chi connectivity index (χ4v) is 3.68. The molecule has 0 radical (unpaired) electrons. The number of Topliss-reactive ketones (excluding diaryl/α,β-unsaturated/α-hetero) is 1. The quantitative estimate of drug-likeness (QED) is 0.301. The molecule has 0 aromatic heterocycles. The van der Waals surface area contributed by atoms with E-state index in [0.717, 1.165) is 6.07 Å². The lowest BCUT2D eigenvalue weighted by Crippen LogP contribution is -2.60. The average molecular weight is 450 g/mol. The molecule has 2 aromatic carbocycles. The highest BCUT2D eigenvalue weighted by atomic mass is 16.7. The fraction of sp³-hybridized carbons (Fsp3) is 0.381. The maximum absolute atomic E-state index is 12.7. The van der Waals surface area contributed by atoms with Crippen LogP contribution < -0.4 is 9.47 Å². The van der Waals surface area contributed by atoms with Crippen molar-refractivity contribution >= 4 is 5.78 Å². The predicted molar refractivity (Wildman–Crippen MR) is 104 cm³/mol. The number of carbonyl (C=O) groups excluding carboxylic acids is 1. The Hall–Kier alpha value is -2.93. The molecular weight excluding hydrogens is 428 g/mol. The Morgan fingerprint density at radius 2 is 1.62 bits per heavy atom. The Morgan fingerprint density at radius 3 is 2.28 bits per heavy atom. The van der Waals surface area contributed by atoms with Gasteiger partial charge in [0.05, 0.1) is 6.61 Å². The first-order valence-corrected chi connectivity index (χ1v) is 9.73. The number of rotatable bonds is 4. The normalized spacial score (nSPS) is 32.2. The molecular formula is C21H22O11. The van der Waals surface area contributed by atoms with Crippen molar-refractivity contribution in [3.8, 4) is 23.0 Å². The third-order valence-corrected chi connectivity index (χ3v) is 5.43. The van der Waals surface area contributed by atoms with Gasteiger partial charge in [0, 0.05) is 12.1 Å². The van der Waals surface area contributed by atoms with E-state index in [-0.39, 0.29) is 22.8 Å². The molecule has 0 spiro atoms. The highest BCUT2D eigenvalue weighted by molar-refractivity contribution is 6.05. The topological polar surface area (TPSA) is 186 Å². The number of aliphatic hydroxyl groups is 5. The first kappa shape index (κ1) is 22.3. The van der Waals surface area contributed by atoms with Gasteiger partial charge >= 0.3 is 0 Å². The summed E-state index contributed by atoms with van der Waals surface area (Å²) in [6, 6.07) is 7.93. The first-order chi connectivity index (χ1) is 15.2. The van der Waals surface area contributed by atoms with Crippen molar-refractivity contribution in [2.24, 2.45) is 0 Å². The molecule has 2 heterocycles. The molecule has 7 atom stereocenters. The van der Waals surface area contributed by atoms with E-state index in [2.05, 4.69) is 0 Å². The Bertz CT molecular complexity index is 990. The second-order valence-corrected chi connectivity index (χ2v) is 7.57. The number of hydrogen-bond donors (Lipinski definition) is 7. The van der Waals surface area contributed by atoms with Gasteiger partial charge in [0.2, 0.25) is 12.1 Å². The van der Waals surface area contributed by atoms with E-state index in [1.54, 1.807) is 0 Å². The van der Waals surface area contributed by atoms with Gasteiger partial charge in [-0.05, 0) is 17.7 Å². The van der Waals surface area contributed by atoms with Crippen LogP contribution in [-0.4, -0.2) is 84.9 Å². The van der Waals surface area contributed by atoms with E-state index in [0.29, 0.717) is 5.56 Å². The van der Waals surface area contributed by atoms with E-state index in [1.165, 1.54) is 30.3 Å². The van der Waals surface area contributed by atoms with Crippen molar-refractivity contribution < 1.29 is 54.8 Å². The lowest BCUT2D eigenvalue weighted by atomic mass is 9.93. The third kappa shape index (κ3) is 3.86. The molecule has 2 aliphatic heterocycles. The van der Waals surface area contributed by atoms with Gasteiger partial charge in [-0.1, -0.05) is 12.1 Å². The summed E-state index contributed by atoms with van der Waals surface area (Å²) in [5.41, 5.74) is 0.128. The van der Waals surface area contributed by atoms with Crippen molar-refractivity contribution in [1.82, 2.24) is 0 Å². The van der Waals surface area contributed by atoms with Crippen LogP contribution in [-0.2, 0) is 4.74 Å². The lowest BCUT2D eigenvalue weighted by molar-refractivity contribution is -0.277. The minimum atomic E-state index is -1.68. The van der Waals surface area contributed by atoms with E-state index in [4.69, 9.17) is 14.2 Å². The number of aromatic hydroxyl groups is 2. The van der Waals surface area contributed by atoms with Crippen molar-refractivity contribution in [3.05, 3.63) is 47.5 Å². The maximum Gasteiger partial charge on any atom is 0.229 e. The molecule has 1 fully saturated rings. The number of fused-ring (bicyclic) bond motifs is 1. The van der Waals surface area contributed by atoms with Crippen LogP contribution in [0.4, 0.5) is 0 Å². The van der Waals surface area contributed by atoms with Gasteiger partial charge in [-0.3, -0.25) is 4.79 Å². The van der Waals surface area contributed by atoms with Crippen LogP contribution in [0, 0.1) is 0 Å².